The number of hydrogen-bond acceptors (Lipinski definition) is 2. The first-order chi connectivity index (χ1) is 8.97. The van der Waals surface area contributed by atoms with Gasteiger partial charge in [0.25, 0.3) is 0 Å². The first-order valence-electron chi connectivity index (χ1n) is 7.56. The third kappa shape index (κ3) is 4.04. The molecule has 106 valence electrons. The van der Waals surface area contributed by atoms with Crippen LogP contribution in [0, 0.1) is 11.3 Å². The molecule has 1 aliphatic carbocycles. The molecule has 0 aliphatic heterocycles. The molecular weight excluding hydrogens is 232 g/mol. The minimum Gasteiger partial charge on any atom is -0.299 e. The SMILES string of the molecule is CN(Cc1cccnc1)[C@H]1CC[C@@H](C(C)(C)C)CC1. The van der Waals surface area contributed by atoms with Crippen LogP contribution in [0.2, 0.25) is 0 Å². The molecule has 1 aromatic heterocycles. The Hall–Kier alpha value is -0.890. The zero-order valence-corrected chi connectivity index (χ0v) is 12.9. The van der Waals surface area contributed by atoms with Crippen molar-refractivity contribution in [3.8, 4) is 0 Å². The van der Waals surface area contributed by atoms with Gasteiger partial charge in [0, 0.05) is 25.0 Å². The minimum atomic E-state index is 0.479. The summed E-state index contributed by atoms with van der Waals surface area (Å²) in [5.41, 5.74) is 1.80. The molecule has 1 aromatic rings. The summed E-state index contributed by atoms with van der Waals surface area (Å²) in [7, 11) is 2.26. The van der Waals surface area contributed by atoms with Gasteiger partial charge in [0.2, 0.25) is 0 Å². The van der Waals surface area contributed by atoms with Crippen molar-refractivity contribution in [1.29, 1.82) is 0 Å². The quantitative estimate of drug-likeness (QED) is 0.812. The van der Waals surface area contributed by atoms with E-state index in [1.54, 1.807) is 0 Å². The summed E-state index contributed by atoms with van der Waals surface area (Å²) in [5.74, 6) is 0.899. The topological polar surface area (TPSA) is 16.1 Å². The lowest BCUT2D eigenvalue weighted by atomic mass is 9.71. The molecule has 0 atom stereocenters. The fourth-order valence-corrected chi connectivity index (χ4v) is 3.29. The van der Waals surface area contributed by atoms with Crippen molar-refractivity contribution in [1.82, 2.24) is 9.88 Å². The van der Waals surface area contributed by atoms with E-state index in [1.807, 2.05) is 18.5 Å². The molecule has 0 saturated heterocycles. The molecule has 0 radical (unpaired) electrons. The Kier molecular flexibility index (Phi) is 4.62. The van der Waals surface area contributed by atoms with Gasteiger partial charge in [-0.25, -0.2) is 0 Å². The van der Waals surface area contributed by atoms with Gasteiger partial charge in [-0.1, -0.05) is 26.8 Å². The third-order valence-electron chi connectivity index (χ3n) is 4.70. The second kappa shape index (κ2) is 6.04. The summed E-state index contributed by atoms with van der Waals surface area (Å²) < 4.78 is 0. The van der Waals surface area contributed by atoms with E-state index in [-0.39, 0.29) is 0 Å². The molecule has 0 bridgehead atoms. The van der Waals surface area contributed by atoms with Crippen molar-refractivity contribution in [2.24, 2.45) is 11.3 Å². The van der Waals surface area contributed by atoms with Crippen LogP contribution in [0.15, 0.2) is 24.5 Å². The Morgan fingerprint density at radius 2 is 1.89 bits per heavy atom. The fourth-order valence-electron chi connectivity index (χ4n) is 3.29. The van der Waals surface area contributed by atoms with Gasteiger partial charge >= 0.3 is 0 Å². The average molecular weight is 260 g/mol. The van der Waals surface area contributed by atoms with E-state index in [2.05, 4.69) is 43.8 Å². The van der Waals surface area contributed by atoms with E-state index in [0.29, 0.717) is 5.41 Å². The van der Waals surface area contributed by atoms with Crippen molar-refractivity contribution in [3.63, 3.8) is 0 Å². The summed E-state index contributed by atoms with van der Waals surface area (Å²) in [6, 6.07) is 4.95. The maximum atomic E-state index is 4.20. The third-order valence-corrected chi connectivity index (χ3v) is 4.70. The monoisotopic (exact) mass is 260 g/mol. The zero-order valence-electron chi connectivity index (χ0n) is 12.9. The molecule has 2 nitrogen and oxygen atoms in total. The highest BCUT2D eigenvalue weighted by Crippen LogP contribution is 2.38. The second-order valence-corrected chi connectivity index (χ2v) is 7.15. The smallest absolute Gasteiger partial charge is 0.0312 e. The number of hydrogen-bond donors (Lipinski definition) is 0. The predicted molar refractivity (Wildman–Crippen MR) is 80.9 cm³/mol. The molecule has 1 fully saturated rings. The van der Waals surface area contributed by atoms with Crippen LogP contribution in [-0.2, 0) is 6.54 Å². The molecule has 0 aromatic carbocycles. The Bertz CT molecular complexity index is 372. The van der Waals surface area contributed by atoms with Crippen LogP contribution in [-0.4, -0.2) is 23.0 Å². The molecule has 2 rings (SSSR count). The van der Waals surface area contributed by atoms with Crippen LogP contribution in [0.4, 0.5) is 0 Å². The summed E-state index contributed by atoms with van der Waals surface area (Å²) in [5, 5.41) is 0. The van der Waals surface area contributed by atoms with Gasteiger partial charge in [0.05, 0.1) is 0 Å². The normalized spacial score (nSPS) is 24.7. The largest absolute Gasteiger partial charge is 0.299 e. The number of nitrogens with zero attached hydrogens (tertiary/aromatic N) is 2. The summed E-state index contributed by atoms with van der Waals surface area (Å²) in [6.07, 6.45) is 9.28. The van der Waals surface area contributed by atoms with Crippen LogP contribution in [0.1, 0.15) is 52.0 Å². The average Bonchev–Trinajstić information content (AvgIpc) is 2.39. The zero-order chi connectivity index (χ0) is 13.9. The lowest BCUT2D eigenvalue weighted by molar-refractivity contribution is 0.107. The maximum absolute atomic E-state index is 4.20. The van der Waals surface area contributed by atoms with Gasteiger partial charge in [0.15, 0.2) is 0 Å². The van der Waals surface area contributed by atoms with Crippen molar-refractivity contribution in [2.45, 2.75) is 59.0 Å². The molecule has 1 aliphatic rings. The molecule has 0 amide bonds. The van der Waals surface area contributed by atoms with Gasteiger partial charge < -0.3 is 0 Å². The Morgan fingerprint density at radius 1 is 1.21 bits per heavy atom. The molecule has 1 saturated carbocycles. The van der Waals surface area contributed by atoms with E-state index in [9.17, 15) is 0 Å². The maximum Gasteiger partial charge on any atom is 0.0312 e. The highest BCUT2D eigenvalue weighted by atomic mass is 15.1. The van der Waals surface area contributed by atoms with Crippen LogP contribution < -0.4 is 0 Å². The van der Waals surface area contributed by atoms with Gasteiger partial charge in [-0.05, 0) is 55.7 Å². The predicted octanol–water partition coefficient (Wildman–Crippen LogP) is 4.12. The van der Waals surface area contributed by atoms with Crippen LogP contribution in [0.3, 0.4) is 0 Å². The lowest BCUT2D eigenvalue weighted by Gasteiger charge is -2.40. The van der Waals surface area contributed by atoms with Crippen LogP contribution in [0.25, 0.3) is 0 Å². The molecule has 2 heteroatoms. The minimum absolute atomic E-state index is 0.479. The van der Waals surface area contributed by atoms with E-state index in [1.165, 1.54) is 31.2 Å². The van der Waals surface area contributed by atoms with Gasteiger partial charge in [-0.3, -0.25) is 9.88 Å². The number of pyridine rings is 1. The molecule has 0 N–H and O–H groups in total. The van der Waals surface area contributed by atoms with Crippen molar-refractivity contribution >= 4 is 0 Å². The van der Waals surface area contributed by atoms with Gasteiger partial charge in [0.1, 0.15) is 0 Å². The molecule has 0 spiro atoms. The first kappa shape index (κ1) is 14.5. The van der Waals surface area contributed by atoms with Crippen LogP contribution in [0.5, 0.6) is 0 Å². The second-order valence-electron chi connectivity index (χ2n) is 7.15. The lowest BCUT2D eigenvalue weighted by Crippen LogP contribution is -2.37. The fraction of sp³-hybridized carbons (Fsp3) is 0.706. The highest BCUT2D eigenvalue weighted by Gasteiger charge is 2.30. The van der Waals surface area contributed by atoms with E-state index < -0.39 is 0 Å². The Morgan fingerprint density at radius 3 is 2.42 bits per heavy atom. The molecule has 0 unspecified atom stereocenters. The number of aromatic nitrogens is 1. The molecule has 1 heterocycles. The summed E-state index contributed by atoms with van der Waals surface area (Å²) in [4.78, 5) is 6.71. The first-order valence-corrected chi connectivity index (χ1v) is 7.56. The van der Waals surface area contributed by atoms with Crippen molar-refractivity contribution < 1.29 is 0 Å². The summed E-state index contributed by atoms with van der Waals surface area (Å²) >= 11 is 0. The van der Waals surface area contributed by atoms with Crippen molar-refractivity contribution in [2.75, 3.05) is 7.05 Å². The van der Waals surface area contributed by atoms with E-state index in [4.69, 9.17) is 0 Å². The van der Waals surface area contributed by atoms with Crippen LogP contribution >= 0.6 is 0 Å². The Balaban J connectivity index is 1.84. The number of rotatable bonds is 3. The summed E-state index contributed by atoms with van der Waals surface area (Å²) in [6.45, 7) is 8.19. The van der Waals surface area contributed by atoms with E-state index in [0.717, 1.165) is 18.5 Å². The Labute approximate surface area is 118 Å². The molecule has 19 heavy (non-hydrogen) atoms. The van der Waals surface area contributed by atoms with Crippen molar-refractivity contribution in [3.05, 3.63) is 30.1 Å². The molecular formula is C17H28N2. The van der Waals surface area contributed by atoms with E-state index >= 15 is 0 Å². The highest BCUT2D eigenvalue weighted by molar-refractivity contribution is 5.08. The van der Waals surface area contributed by atoms with Gasteiger partial charge in [-0.15, -0.1) is 0 Å². The van der Waals surface area contributed by atoms with Gasteiger partial charge in [-0.2, -0.15) is 0 Å². The standard InChI is InChI=1S/C17H28N2/c1-17(2,3)15-7-9-16(10-8-15)19(4)13-14-6-5-11-18-12-14/h5-6,11-12,15-16H,7-10,13H2,1-4H3/t15-,16+.